The van der Waals surface area contributed by atoms with E-state index in [1.165, 1.54) is 19.3 Å². The molecule has 0 aliphatic carbocycles. The van der Waals surface area contributed by atoms with Gasteiger partial charge in [0, 0.05) is 53.7 Å². The molecule has 40 heavy (non-hydrogen) atoms. The molecule has 206 valence electrons. The van der Waals surface area contributed by atoms with Gasteiger partial charge in [0.2, 0.25) is 0 Å². The summed E-state index contributed by atoms with van der Waals surface area (Å²) in [7, 11) is 0. The largest absolute Gasteiger partial charge is 0.363 e. The first-order chi connectivity index (χ1) is 19.3. The van der Waals surface area contributed by atoms with E-state index < -0.39 is 11.1 Å². The molecule has 1 saturated heterocycles. The van der Waals surface area contributed by atoms with E-state index in [2.05, 4.69) is 18.7 Å². The molecule has 1 atom stereocenters. The van der Waals surface area contributed by atoms with Gasteiger partial charge in [-0.1, -0.05) is 74.9 Å². The van der Waals surface area contributed by atoms with Crippen LogP contribution in [0.25, 0.3) is 0 Å². The summed E-state index contributed by atoms with van der Waals surface area (Å²) in [6, 6.07) is 22.8. The van der Waals surface area contributed by atoms with Crippen LogP contribution in [-0.2, 0) is 23.5 Å². The molecule has 3 aromatic carbocycles. The van der Waals surface area contributed by atoms with Gasteiger partial charge in [0.15, 0.2) is 5.72 Å². The van der Waals surface area contributed by atoms with E-state index in [0.717, 1.165) is 42.2 Å². The number of rotatable bonds is 8. The fourth-order valence-electron chi connectivity index (χ4n) is 6.45. The first-order valence-electron chi connectivity index (χ1n) is 14.4. The highest BCUT2D eigenvalue weighted by Crippen LogP contribution is 2.44. The topological polar surface area (TPSA) is 73.2 Å². The average molecular weight is 536 g/mol. The number of nitrogens with zero attached hydrogens (tertiary/aromatic N) is 3. The number of hydrogen-bond acceptors (Lipinski definition) is 5. The van der Waals surface area contributed by atoms with Crippen LogP contribution in [0.1, 0.15) is 72.1 Å². The minimum Gasteiger partial charge on any atom is -0.363 e. The fraction of sp³-hybridized carbons (Fsp3) is 0.382. The lowest BCUT2D eigenvalue weighted by Crippen LogP contribution is -2.44. The summed E-state index contributed by atoms with van der Waals surface area (Å²) in [6.45, 7) is 7.31. The van der Waals surface area contributed by atoms with Crippen LogP contribution >= 0.6 is 0 Å². The van der Waals surface area contributed by atoms with E-state index in [9.17, 15) is 14.7 Å². The van der Waals surface area contributed by atoms with Crippen LogP contribution in [0.5, 0.6) is 0 Å². The maximum absolute atomic E-state index is 13.5. The minimum absolute atomic E-state index is 0.194. The van der Waals surface area contributed by atoms with Crippen molar-refractivity contribution in [2.24, 2.45) is 10.4 Å². The molecule has 0 radical (unpaired) electrons. The first kappa shape index (κ1) is 26.6. The van der Waals surface area contributed by atoms with Gasteiger partial charge in [-0.3, -0.25) is 19.5 Å². The van der Waals surface area contributed by atoms with Gasteiger partial charge in [-0.05, 0) is 55.3 Å². The second-order valence-corrected chi connectivity index (χ2v) is 12.1. The Kier molecular flexibility index (Phi) is 6.93. The lowest BCUT2D eigenvalue weighted by molar-refractivity contribution is -0.127. The molecular formula is C34H37N3O3. The zero-order valence-electron chi connectivity index (χ0n) is 23.4. The van der Waals surface area contributed by atoms with Gasteiger partial charge < -0.3 is 10.0 Å². The quantitative estimate of drug-likeness (QED) is 0.405. The Morgan fingerprint density at radius 2 is 1.70 bits per heavy atom. The number of amides is 1. The number of aliphatic hydroxyl groups is 1. The van der Waals surface area contributed by atoms with E-state index in [0.29, 0.717) is 29.5 Å². The van der Waals surface area contributed by atoms with E-state index in [-0.39, 0.29) is 18.2 Å². The van der Waals surface area contributed by atoms with Gasteiger partial charge in [-0.15, -0.1) is 0 Å². The van der Waals surface area contributed by atoms with Crippen molar-refractivity contribution in [3.8, 4) is 0 Å². The van der Waals surface area contributed by atoms with Crippen molar-refractivity contribution < 1.29 is 14.7 Å². The molecule has 6 nitrogen and oxygen atoms in total. The molecule has 1 fully saturated rings. The summed E-state index contributed by atoms with van der Waals surface area (Å²) < 4.78 is 0. The fourth-order valence-corrected chi connectivity index (χ4v) is 6.45. The van der Waals surface area contributed by atoms with Gasteiger partial charge in [-0.2, -0.15) is 0 Å². The molecule has 1 N–H and O–H groups in total. The Morgan fingerprint density at radius 1 is 0.975 bits per heavy atom. The van der Waals surface area contributed by atoms with Crippen LogP contribution in [0, 0.1) is 5.41 Å². The molecule has 0 spiro atoms. The smallest absolute Gasteiger partial charge is 0.257 e. The predicted octanol–water partition coefficient (Wildman–Crippen LogP) is 5.64. The summed E-state index contributed by atoms with van der Waals surface area (Å²) >= 11 is 0. The van der Waals surface area contributed by atoms with Crippen molar-refractivity contribution in [2.45, 2.75) is 58.2 Å². The lowest BCUT2D eigenvalue weighted by atomic mass is 9.83. The number of Topliss-reactive ketones (excluding diaryl/α,β-unsaturated/α-hetero) is 1. The number of carbonyl (C=O) groups is 2. The van der Waals surface area contributed by atoms with Crippen LogP contribution in [-0.4, -0.2) is 51.9 Å². The number of piperidine rings is 1. The highest BCUT2D eigenvalue weighted by atomic mass is 16.3. The Bertz CT molecular complexity index is 1470. The molecule has 1 amide bonds. The molecule has 3 aliphatic heterocycles. The van der Waals surface area contributed by atoms with Crippen LogP contribution in [0.4, 0.5) is 5.69 Å². The molecule has 0 saturated carbocycles. The minimum atomic E-state index is -1.60. The summed E-state index contributed by atoms with van der Waals surface area (Å²) in [5.74, 6) is 0.0220. The molecule has 6 heteroatoms. The molecule has 3 aliphatic rings. The maximum atomic E-state index is 13.5. The number of carbonyl (C=O) groups excluding carboxylic acids is 2. The SMILES string of the molecule is CC(C)(CN1CCCCC1)C(=O)CC1=Nc2ccc(C3(O)c4ccccc4C(=O)N3Cc3ccccc3)cc2C1. The van der Waals surface area contributed by atoms with Gasteiger partial charge >= 0.3 is 0 Å². The number of ketones is 1. The van der Waals surface area contributed by atoms with Crippen molar-refractivity contribution in [1.29, 1.82) is 0 Å². The van der Waals surface area contributed by atoms with Gasteiger partial charge in [0.1, 0.15) is 5.78 Å². The molecule has 6 rings (SSSR count). The third-order valence-corrected chi connectivity index (χ3v) is 8.69. The van der Waals surface area contributed by atoms with E-state index >= 15 is 0 Å². The monoisotopic (exact) mass is 535 g/mol. The van der Waals surface area contributed by atoms with Crippen molar-refractivity contribution >= 4 is 23.1 Å². The molecule has 0 aromatic heterocycles. The van der Waals surface area contributed by atoms with Crippen molar-refractivity contribution in [2.75, 3.05) is 19.6 Å². The van der Waals surface area contributed by atoms with Crippen LogP contribution in [0.3, 0.4) is 0 Å². The third-order valence-electron chi connectivity index (χ3n) is 8.69. The number of hydrogen-bond donors (Lipinski definition) is 1. The van der Waals surface area contributed by atoms with Crippen molar-refractivity contribution in [3.05, 3.63) is 101 Å². The Morgan fingerprint density at radius 3 is 2.48 bits per heavy atom. The van der Waals surface area contributed by atoms with E-state index in [4.69, 9.17) is 4.99 Å². The molecule has 0 bridgehead atoms. The van der Waals surface area contributed by atoms with Crippen molar-refractivity contribution in [3.63, 3.8) is 0 Å². The average Bonchev–Trinajstić information content (AvgIpc) is 3.46. The Labute approximate surface area is 236 Å². The highest BCUT2D eigenvalue weighted by Gasteiger charge is 2.50. The number of fused-ring (bicyclic) bond motifs is 2. The van der Waals surface area contributed by atoms with Crippen LogP contribution in [0.2, 0.25) is 0 Å². The van der Waals surface area contributed by atoms with E-state index in [1.54, 1.807) is 11.0 Å². The van der Waals surface area contributed by atoms with Crippen molar-refractivity contribution in [1.82, 2.24) is 9.80 Å². The Hall–Kier alpha value is -3.61. The van der Waals surface area contributed by atoms with E-state index in [1.807, 2.05) is 66.7 Å². The predicted molar refractivity (Wildman–Crippen MR) is 157 cm³/mol. The number of aliphatic imine (C=N–C) groups is 1. The normalized spacial score (nSPS) is 20.8. The maximum Gasteiger partial charge on any atom is 0.257 e. The zero-order valence-corrected chi connectivity index (χ0v) is 23.4. The van der Waals surface area contributed by atoms with Crippen LogP contribution < -0.4 is 0 Å². The number of benzene rings is 3. The first-order valence-corrected chi connectivity index (χ1v) is 14.4. The second kappa shape index (κ2) is 10.4. The van der Waals surface area contributed by atoms with Gasteiger partial charge in [-0.25, -0.2) is 0 Å². The molecule has 3 aromatic rings. The van der Waals surface area contributed by atoms with Crippen LogP contribution in [0.15, 0.2) is 77.8 Å². The summed E-state index contributed by atoms with van der Waals surface area (Å²) in [4.78, 5) is 35.7. The second-order valence-electron chi connectivity index (χ2n) is 12.1. The van der Waals surface area contributed by atoms with Gasteiger partial charge in [0.25, 0.3) is 5.91 Å². The Balaban J connectivity index is 1.23. The molecule has 3 heterocycles. The summed E-state index contributed by atoms with van der Waals surface area (Å²) in [5.41, 5.74) is 3.31. The molecular weight excluding hydrogens is 498 g/mol. The van der Waals surface area contributed by atoms with Gasteiger partial charge in [0.05, 0.1) is 5.69 Å². The number of likely N-dealkylation sites (tertiary alicyclic amines) is 1. The summed E-state index contributed by atoms with van der Waals surface area (Å²) in [5, 5.41) is 12.3. The lowest BCUT2D eigenvalue weighted by Gasteiger charge is -2.35. The standard InChI is InChI=1S/C34H37N3O3/c1-33(2,23-36-17-9-4-10-18-36)31(38)21-27-20-25-19-26(15-16-30(25)35-27)34(40)29-14-8-7-13-28(29)32(39)37(34)22-24-11-5-3-6-12-24/h3,5-8,11-16,19,40H,4,9-10,17-18,20-23H2,1-2H3. The highest BCUT2D eigenvalue weighted by molar-refractivity contribution is 6.07. The zero-order chi connectivity index (χ0) is 27.9. The third kappa shape index (κ3) is 4.80. The molecule has 1 unspecified atom stereocenters. The summed E-state index contributed by atoms with van der Waals surface area (Å²) in [6.07, 6.45) is 4.59.